The van der Waals surface area contributed by atoms with Gasteiger partial charge in [-0.1, -0.05) is 109 Å². The first-order valence-corrected chi connectivity index (χ1v) is 18.7. The number of carboxylic acids is 1. The Morgan fingerprint density at radius 1 is 0.638 bits per heavy atom. The molecule has 2 amide bonds. The van der Waals surface area contributed by atoms with Crippen LogP contribution in [0.25, 0.3) is 0 Å². The van der Waals surface area contributed by atoms with Crippen molar-refractivity contribution >= 4 is 23.8 Å². The van der Waals surface area contributed by atoms with Gasteiger partial charge in [-0.05, 0) is 70.3 Å². The van der Waals surface area contributed by atoms with Gasteiger partial charge in [-0.25, -0.2) is 4.79 Å². The molecule has 0 aromatic heterocycles. The molecule has 0 aliphatic rings. The van der Waals surface area contributed by atoms with Gasteiger partial charge >= 0.3 is 11.9 Å². The number of allylic oxidation sites excluding steroid dienone is 3. The van der Waals surface area contributed by atoms with Crippen molar-refractivity contribution in [3.05, 3.63) is 24.3 Å². The highest BCUT2D eigenvalue weighted by Gasteiger charge is 2.18. The lowest BCUT2D eigenvalue weighted by Gasteiger charge is -2.15. The summed E-state index contributed by atoms with van der Waals surface area (Å²) in [6.45, 7) is 3.38. The van der Waals surface area contributed by atoms with Crippen LogP contribution < -0.4 is 10.6 Å². The van der Waals surface area contributed by atoms with Gasteiger partial charge in [0.1, 0.15) is 12.1 Å². The van der Waals surface area contributed by atoms with Gasteiger partial charge in [0.15, 0.2) is 0 Å². The predicted molar refractivity (Wildman–Crippen MR) is 190 cm³/mol. The normalized spacial score (nSPS) is 12.7. The molecule has 0 aliphatic carbocycles. The molecule has 0 saturated heterocycles. The van der Waals surface area contributed by atoms with Crippen LogP contribution in [0, 0.1) is 0 Å². The molecule has 0 rings (SSSR count). The van der Waals surface area contributed by atoms with Gasteiger partial charge < -0.3 is 25.6 Å². The van der Waals surface area contributed by atoms with Gasteiger partial charge in [0.05, 0.1) is 13.2 Å². The third-order valence-electron chi connectivity index (χ3n) is 8.16. The van der Waals surface area contributed by atoms with Gasteiger partial charge in [0.25, 0.3) is 0 Å². The number of rotatable bonds is 33. The van der Waals surface area contributed by atoms with Crippen LogP contribution in [-0.2, 0) is 23.9 Å². The number of nitrogens with one attached hydrogen (secondary N) is 2. The van der Waals surface area contributed by atoms with Crippen molar-refractivity contribution in [2.24, 2.45) is 0 Å². The predicted octanol–water partition coefficient (Wildman–Crippen LogP) is 8.09. The number of hydrogen-bond acceptors (Lipinski definition) is 6. The van der Waals surface area contributed by atoms with Crippen LogP contribution in [0.1, 0.15) is 168 Å². The van der Waals surface area contributed by atoms with Crippen LogP contribution in [0.15, 0.2) is 24.3 Å². The second-order valence-corrected chi connectivity index (χ2v) is 12.7. The monoisotopic (exact) mass is 665 g/mol. The lowest BCUT2D eigenvalue weighted by molar-refractivity contribution is -0.147. The minimum Gasteiger partial charge on any atom is -0.480 e. The van der Waals surface area contributed by atoms with Gasteiger partial charge in [0, 0.05) is 12.8 Å². The number of ether oxygens (including phenoxy) is 1. The Labute approximate surface area is 285 Å². The van der Waals surface area contributed by atoms with E-state index in [4.69, 9.17) is 14.9 Å². The molecule has 2 unspecified atom stereocenters. The molecule has 0 heterocycles. The van der Waals surface area contributed by atoms with E-state index in [0.29, 0.717) is 12.8 Å². The van der Waals surface area contributed by atoms with Gasteiger partial charge in [-0.2, -0.15) is 0 Å². The summed E-state index contributed by atoms with van der Waals surface area (Å²) in [5.74, 6) is -2.41. The average Bonchev–Trinajstić information content (AvgIpc) is 3.05. The van der Waals surface area contributed by atoms with E-state index in [1.807, 2.05) is 6.08 Å². The smallest absolute Gasteiger partial charge is 0.328 e. The van der Waals surface area contributed by atoms with Crippen molar-refractivity contribution in [2.75, 3.05) is 13.2 Å². The average molecular weight is 665 g/mol. The van der Waals surface area contributed by atoms with Gasteiger partial charge in [0.2, 0.25) is 11.8 Å². The van der Waals surface area contributed by atoms with E-state index in [0.717, 1.165) is 64.2 Å². The van der Waals surface area contributed by atoms with Crippen molar-refractivity contribution in [3.63, 3.8) is 0 Å². The maximum Gasteiger partial charge on any atom is 0.328 e. The second kappa shape index (κ2) is 33.2. The summed E-state index contributed by atoms with van der Waals surface area (Å²) in [5, 5.41) is 22.4. The Kier molecular flexibility index (Phi) is 31.3. The largest absolute Gasteiger partial charge is 0.480 e. The Morgan fingerprint density at radius 2 is 1.15 bits per heavy atom. The Balaban J connectivity index is 4.14. The molecule has 0 radical (unpaired) electrons. The number of amides is 2. The third-order valence-corrected chi connectivity index (χ3v) is 8.16. The molecule has 0 aromatic rings. The number of carbonyl (C=O) groups excluding carboxylic acids is 3. The molecule has 9 heteroatoms. The number of hydrogen-bond donors (Lipinski definition) is 4. The van der Waals surface area contributed by atoms with Crippen LogP contribution in [-0.4, -0.2) is 59.3 Å². The Bertz CT molecular complexity index is 859. The molecular weight excluding hydrogens is 596 g/mol. The quantitative estimate of drug-likeness (QED) is 0.0316. The molecule has 0 spiro atoms. The third kappa shape index (κ3) is 30.4. The number of carbonyl (C=O) groups is 4. The molecule has 0 bridgehead atoms. The molecule has 272 valence electrons. The minimum atomic E-state index is -1.39. The standard InChI is InChI=1S/C38H68N2O7/c1-3-5-7-9-10-11-12-13-14-15-16-17-18-20-26-30-37(44)47-33(27-23-19-8-6-4-2)28-24-21-22-25-29-35(42)39-31-36(43)40-34(32-41)38(45)46/h13-14,23,27,33-34,41H,3-12,15-22,24-26,28-32H2,1-2H3,(H,39,42)(H,40,43)(H,45,46)/b14-13-,27-23-. The van der Waals surface area contributed by atoms with E-state index in [1.165, 1.54) is 70.6 Å². The molecular formula is C38H68N2O7. The molecule has 0 aromatic carbocycles. The maximum atomic E-state index is 12.6. The zero-order valence-electron chi connectivity index (χ0n) is 29.8. The van der Waals surface area contributed by atoms with Crippen LogP contribution in [0.2, 0.25) is 0 Å². The van der Waals surface area contributed by atoms with Crippen LogP contribution in [0.5, 0.6) is 0 Å². The SMILES string of the molecule is CCCCC/C=C\C(CCCCCCC(=O)NCC(=O)NC(CO)C(=O)O)OC(=O)CCCCCCC/C=C\CCCCCCCC. The molecule has 0 aliphatic heterocycles. The number of carboxylic acid groups (broad SMARTS) is 1. The molecule has 2 atom stereocenters. The highest BCUT2D eigenvalue weighted by Crippen LogP contribution is 2.15. The van der Waals surface area contributed by atoms with Crippen LogP contribution in [0.4, 0.5) is 0 Å². The van der Waals surface area contributed by atoms with E-state index >= 15 is 0 Å². The van der Waals surface area contributed by atoms with Crippen molar-refractivity contribution < 1.29 is 34.1 Å². The summed E-state index contributed by atoms with van der Waals surface area (Å²) in [7, 11) is 0. The Hall–Kier alpha value is -2.68. The maximum absolute atomic E-state index is 12.6. The van der Waals surface area contributed by atoms with Crippen LogP contribution in [0.3, 0.4) is 0 Å². The summed E-state index contributed by atoms with van der Waals surface area (Å²) < 4.78 is 5.84. The summed E-state index contributed by atoms with van der Waals surface area (Å²) in [5.41, 5.74) is 0. The minimum absolute atomic E-state index is 0.125. The van der Waals surface area contributed by atoms with Crippen LogP contribution >= 0.6 is 0 Å². The fourth-order valence-electron chi connectivity index (χ4n) is 5.21. The Morgan fingerprint density at radius 3 is 1.77 bits per heavy atom. The lowest BCUT2D eigenvalue weighted by atomic mass is 10.1. The van der Waals surface area contributed by atoms with E-state index in [9.17, 15) is 19.2 Å². The first kappa shape index (κ1) is 44.3. The van der Waals surface area contributed by atoms with Crippen molar-refractivity contribution in [3.8, 4) is 0 Å². The fraction of sp³-hybridized carbons (Fsp3) is 0.789. The fourth-order valence-corrected chi connectivity index (χ4v) is 5.21. The van der Waals surface area contributed by atoms with Crippen molar-refractivity contribution in [1.29, 1.82) is 0 Å². The summed E-state index contributed by atoms with van der Waals surface area (Å²) in [6.07, 6.45) is 33.8. The zero-order chi connectivity index (χ0) is 34.8. The number of esters is 1. The van der Waals surface area contributed by atoms with Crippen molar-refractivity contribution in [2.45, 2.75) is 180 Å². The number of aliphatic hydroxyl groups excluding tert-OH is 1. The molecule has 47 heavy (non-hydrogen) atoms. The number of unbranched alkanes of at least 4 members (excludes halogenated alkanes) is 17. The number of aliphatic carboxylic acids is 1. The first-order chi connectivity index (χ1) is 22.8. The van der Waals surface area contributed by atoms with E-state index in [-0.39, 0.29) is 30.9 Å². The van der Waals surface area contributed by atoms with E-state index in [1.54, 1.807) is 0 Å². The highest BCUT2D eigenvalue weighted by atomic mass is 16.5. The second-order valence-electron chi connectivity index (χ2n) is 12.7. The summed E-state index contributed by atoms with van der Waals surface area (Å²) >= 11 is 0. The molecule has 0 saturated carbocycles. The molecule has 9 nitrogen and oxygen atoms in total. The van der Waals surface area contributed by atoms with Gasteiger partial charge in [-0.3, -0.25) is 14.4 Å². The summed E-state index contributed by atoms with van der Waals surface area (Å²) in [4.78, 5) is 47.2. The molecule has 0 fully saturated rings. The van der Waals surface area contributed by atoms with Gasteiger partial charge in [-0.15, -0.1) is 0 Å². The van der Waals surface area contributed by atoms with E-state index in [2.05, 4.69) is 42.7 Å². The topological polar surface area (TPSA) is 142 Å². The van der Waals surface area contributed by atoms with E-state index < -0.39 is 24.5 Å². The zero-order valence-corrected chi connectivity index (χ0v) is 29.8. The van der Waals surface area contributed by atoms with Crippen molar-refractivity contribution in [1.82, 2.24) is 10.6 Å². The summed E-state index contributed by atoms with van der Waals surface area (Å²) in [6, 6.07) is -1.39. The molecule has 4 N–H and O–H groups in total. The lowest BCUT2D eigenvalue weighted by Crippen LogP contribution is -2.47. The highest BCUT2D eigenvalue weighted by molar-refractivity contribution is 5.87. The first-order valence-electron chi connectivity index (χ1n) is 18.7. The number of aliphatic hydroxyl groups is 1.